The molecule has 4 saturated carbocycles. The van der Waals surface area contributed by atoms with Crippen LogP contribution >= 0.6 is 0 Å². The van der Waals surface area contributed by atoms with Crippen LogP contribution in [0.4, 0.5) is 0 Å². The second-order valence-electron chi connectivity index (χ2n) is 10.4. The number of carbonyl (C=O) groups excluding carboxylic acids is 1. The van der Waals surface area contributed by atoms with E-state index in [9.17, 15) is 15.0 Å². The van der Waals surface area contributed by atoms with Crippen LogP contribution in [0, 0.1) is 39.9 Å². The molecule has 4 rings (SSSR count). The molecule has 4 fully saturated rings. The zero-order valence-electron chi connectivity index (χ0n) is 15.2. The maximum atomic E-state index is 12.8. The summed E-state index contributed by atoms with van der Waals surface area (Å²) in [6, 6.07) is 0. The van der Waals surface area contributed by atoms with Crippen LogP contribution in [0.25, 0.3) is 0 Å². The zero-order chi connectivity index (χ0) is 17.0. The Morgan fingerprint density at radius 3 is 2.39 bits per heavy atom. The van der Waals surface area contributed by atoms with E-state index in [1.54, 1.807) is 0 Å². The molecular weight excluding hydrogens is 288 g/mol. The molecule has 3 heteroatoms. The monoisotopic (exact) mass is 320 g/mol. The molecule has 0 aliphatic heterocycles. The molecule has 0 heterocycles. The van der Waals surface area contributed by atoms with Gasteiger partial charge < -0.3 is 10.2 Å². The lowest BCUT2D eigenvalue weighted by atomic mass is 9.33. The van der Waals surface area contributed by atoms with Crippen molar-refractivity contribution in [3.8, 4) is 0 Å². The Labute approximate surface area is 139 Å². The summed E-state index contributed by atoms with van der Waals surface area (Å²) >= 11 is 0. The average Bonchev–Trinajstić information content (AvgIpc) is 2.67. The highest BCUT2D eigenvalue weighted by Gasteiger charge is 2.75. The number of aliphatic hydroxyl groups excluding tert-OH is 1. The molecular formula is C20H32O3. The first kappa shape index (κ1) is 16.1. The minimum atomic E-state index is -0.781. The number of hydrogen-bond acceptors (Lipinski definition) is 3. The lowest BCUT2D eigenvalue weighted by Gasteiger charge is -2.71. The predicted molar refractivity (Wildman–Crippen MR) is 88.7 cm³/mol. The van der Waals surface area contributed by atoms with E-state index < -0.39 is 11.7 Å². The highest BCUT2D eigenvalue weighted by molar-refractivity contribution is 5.84. The van der Waals surface area contributed by atoms with Crippen molar-refractivity contribution in [1.82, 2.24) is 0 Å². The van der Waals surface area contributed by atoms with Crippen LogP contribution in [0.5, 0.6) is 0 Å². The minimum absolute atomic E-state index is 0.0149. The Kier molecular flexibility index (Phi) is 2.95. The summed E-state index contributed by atoms with van der Waals surface area (Å²) in [4.78, 5) is 12.8. The molecule has 23 heavy (non-hydrogen) atoms. The van der Waals surface area contributed by atoms with Crippen LogP contribution < -0.4 is 0 Å². The topological polar surface area (TPSA) is 57.5 Å². The van der Waals surface area contributed by atoms with Gasteiger partial charge in [-0.15, -0.1) is 0 Å². The Hall–Kier alpha value is -0.410. The summed E-state index contributed by atoms with van der Waals surface area (Å²) in [5, 5.41) is 21.9. The lowest BCUT2D eigenvalue weighted by Crippen LogP contribution is -2.69. The third-order valence-corrected chi connectivity index (χ3v) is 9.03. The molecule has 8 atom stereocenters. The average molecular weight is 320 g/mol. The van der Waals surface area contributed by atoms with E-state index in [2.05, 4.69) is 27.7 Å². The van der Waals surface area contributed by atoms with Crippen molar-refractivity contribution in [3.05, 3.63) is 0 Å². The van der Waals surface area contributed by atoms with Gasteiger partial charge in [0.2, 0.25) is 0 Å². The first-order valence-electron chi connectivity index (χ1n) is 9.40. The fourth-order valence-corrected chi connectivity index (χ4v) is 8.19. The molecule has 0 aromatic carbocycles. The summed E-state index contributed by atoms with van der Waals surface area (Å²) in [5.74, 6) is 1.17. The van der Waals surface area contributed by atoms with Crippen LogP contribution in [-0.2, 0) is 4.79 Å². The second kappa shape index (κ2) is 4.22. The molecule has 0 radical (unpaired) electrons. The smallest absolute Gasteiger partial charge is 0.136 e. The van der Waals surface area contributed by atoms with Gasteiger partial charge in [0.05, 0.1) is 11.7 Å². The van der Waals surface area contributed by atoms with E-state index in [4.69, 9.17) is 0 Å². The quantitative estimate of drug-likeness (QED) is 0.721. The summed E-state index contributed by atoms with van der Waals surface area (Å²) in [7, 11) is 0. The van der Waals surface area contributed by atoms with E-state index in [1.807, 2.05) is 6.92 Å². The van der Waals surface area contributed by atoms with E-state index in [0.717, 1.165) is 25.7 Å². The van der Waals surface area contributed by atoms with E-state index in [0.29, 0.717) is 24.0 Å². The molecule has 4 aliphatic rings. The lowest BCUT2D eigenvalue weighted by molar-refractivity contribution is -0.249. The van der Waals surface area contributed by atoms with Crippen LogP contribution in [-0.4, -0.2) is 27.7 Å². The predicted octanol–water partition coefficient (Wildman–Crippen LogP) is 3.18. The molecule has 1 spiro atoms. The minimum Gasteiger partial charge on any atom is -0.393 e. The first-order valence-corrected chi connectivity index (χ1v) is 9.40. The molecule has 0 amide bonds. The Bertz CT molecular complexity index is 565. The Balaban J connectivity index is 1.96. The first-order chi connectivity index (χ1) is 10.5. The van der Waals surface area contributed by atoms with Crippen molar-refractivity contribution in [3.63, 3.8) is 0 Å². The van der Waals surface area contributed by atoms with Crippen molar-refractivity contribution >= 4 is 5.78 Å². The number of Topliss-reactive ketones (excluding diaryl/α,β-unsaturated/α-hetero) is 1. The SMILES string of the molecule is CC1CC(=O)C2CC3(C)CC(O)C4C3C1(CCC4(C)O)C2(C)C. The van der Waals surface area contributed by atoms with Gasteiger partial charge in [-0.25, -0.2) is 0 Å². The molecule has 0 saturated heterocycles. The van der Waals surface area contributed by atoms with Gasteiger partial charge in [-0.2, -0.15) is 0 Å². The number of carbonyl (C=O) groups is 1. The van der Waals surface area contributed by atoms with E-state index in [1.165, 1.54) is 0 Å². The molecule has 0 aromatic rings. The van der Waals surface area contributed by atoms with Gasteiger partial charge in [-0.1, -0.05) is 27.7 Å². The standard InChI is InChI=1S/C20H32O3/c1-11-8-13(21)12-9-18(4)10-14(22)15-16(18)20(11,17(12,2)3)7-6-19(15,5)23/h11-12,14-16,22-23H,6-10H2,1-5H3. The maximum Gasteiger partial charge on any atom is 0.136 e. The normalized spacial score (nSPS) is 60.5. The summed E-state index contributed by atoms with van der Waals surface area (Å²) in [6.07, 6.45) is 3.62. The van der Waals surface area contributed by atoms with Crippen molar-refractivity contribution in [2.45, 2.75) is 78.4 Å². The van der Waals surface area contributed by atoms with Crippen molar-refractivity contribution < 1.29 is 15.0 Å². The van der Waals surface area contributed by atoms with Crippen LogP contribution in [0.15, 0.2) is 0 Å². The number of ketones is 1. The van der Waals surface area contributed by atoms with Gasteiger partial charge in [0, 0.05) is 18.3 Å². The third kappa shape index (κ3) is 1.62. The molecule has 8 unspecified atom stereocenters. The number of rotatable bonds is 0. The van der Waals surface area contributed by atoms with Gasteiger partial charge in [0.25, 0.3) is 0 Å². The molecule has 2 N–H and O–H groups in total. The maximum absolute atomic E-state index is 12.8. The van der Waals surface area contributed by atoms with Gasteiger partial charge in [-0.05, 0) is 60.7 Å². The van der Waals surface area contributed by atoms with Gasteiger partial charge in [0.15, 0.2) is 0 Å². The highest BCUT2D eigenvalue weighted by Crippen LogP contribution is 2.77. The fraction of sp³-hybridized carbons (Fsp3) is 0.950. The molecule has 4 aliphatic carbocycles. The summed E-state index contributed by atoms with van der Waals surface area (Å²) in [6.45, 7) is 11.1. The number of fused-ring (bicyclic) bond motifs is 1. The van der Waals surface area contributed by atoms with E-state index in [-0.39, 0.29) is 28.1 Å². The fourth-order valence-electron chi connectivity index (χ4n) is 8.19. The Morgan fingerprint density at radius 2 is 1.74 bits per heavy atom. The molecule has 3 nitrogen and oxygen atoms in total. The summed E-state index contributed by atoms with van der Waals surface area (Å²) < 4.78 is 0. The van der Waals surface area contributed by atoms with Crippen molar-refractivity contribution in [1.29, 1.82) is 0 Å². The van der Waals surface area contributed by atoms with Crippen molar-refractivity contribution in [2.24, 2.45) is 39.9 Å². The van der Waals surface area contributed by atoms with Gasteiger partial charge in [0.1, 0.15) is 5.78 Å². The number of aliphatic hydroxyl groups is 2. The van der Waals surface area contributed by atoms with Gasteiger partial charge in [-0.3, -0.25) is 4.79 Å². The molecule has 2 bridgehead atoms. The van der Waals surface area contributed by atoms with Crippen LogP contribution in [0.2, 0.25) is 0 Å². The van der Waals surface area contributed by atoms with E-state index >= 15 is 0 Å². The highest BCUT2D eigenvalue weighted by atomic mass is 16.3. The van der Waals surface area contributed by atoms with Crippen LogP contribution in [0.3, 0.4) is 0 Å². The second-order valence-corrected chi connectivity index (χ2v) is 10.4. The summed E-state index contributed by atoms with van der Waals surface area (Å²) in [5.41, 5.74) is -0.760. The third-order valence-electron chi connectivity index (χ3n) is 9.03. The van der Waals surface area contributed by atoms with Crippen molar-refractivity contribution in [2.75, 3.05) is 0 Å². The molecule has 130 valence electrons. The Morgan fingerprint density at radius 1 is 1.09 bits per heavy atom. The van der Waals surface area contributed by atoms with Gasteiger partial charge >= 0.3 is 0 Å². The largest absolute Gasteiger partial charge is 0.393 e. The van der Waals surface area contributed by atoms with Crippen LogP contribution in [0.1, 0.15) is 66.7 Å². The zero-order valence-corrected chi connectivity index (χ0v) is 15.2. The molecule has 0 aromatic heterocycles. The number of hydrogen-bond donors (Lipinski definition) is 2.